The van der Waals surface area contributed by atoms with Crippen LogP contribution in [0.25, 0.3) is 22.3 Å². The zero-order chi connectivity index (χ0) is 39.3. The predicted molar refractivity (Wildman–Crippen MR) is 173 cm³/mol. The zero-order valence-corrected chi connectivity index (χ0v) is 28.0. The molecule has 3 saturated heterocycles. The fourth-order valence-corrected chi connectivity index (χ4v) is 6.33. The van der Waals surface area contributed by atoms with Crippen molar-refractivity contribution in [3.8, 4) is 40.1 Å². The molecule has 3 aliphatic rings. The van der Waals surface area contributed by atoms with Gasteiger partial charge in [0, 0.05) is 17.7 Å². The van der Waals surface area contributed by atoms with Crippen LogP contribution in [0.15, 0.2) is 39.5 Å². The van der Waals surface area contributed by atoms with Crippen LogP contribution in [-0.2, 0) is 18.9 Å². The lowest BCUT2D eigenvalue weighted by molar-refractivity contribution is -0.348. The minimum Gasteiger partial charge on any atom is -0.507 e. The van der Waals surface area contributed by atoms with E-state index in [4.69, 9.17) is 32.8 Å². The van der Waals surface area contributed by atoms with Gasteiger partial charge in [0.15, 0.2) is 23.5 Å². The maximum absolute atomic E-state index is 14.0. The van der Waals surface area contributed by atoms with E-state index in [1.807, 2.05) is 0 Å². The van der Waals surface area contributed by atoms with Crippen molar-refractivity contribution in [3.63, 3.8) is 0 Å². The number of phenols is 3. The number of hydrogen-bond donors (Lipinski definition) is 13. The molecule has 3 fully saturated rings. The third-order valence-electron chi connectivity index (χ3n) is 9.40. The molecule has 21 nitrogen and oxygen atoms in total. The quantitative estimate of drug-likeness (QED) is 0.0917. The molecule has 13 N–H and O–H groups in total. The topological polar surface area (TPSA) is 349 Å². The number of fused-ring (bicyclic) bond motifs is 1. The molecule has 0 unspecified atom stereocenters. The molecule has 3 aromatic rings. The van der Waals surface area contributed by atoms with Crippen molar-refractivity contribution in [2.75, 3.05) is 13.2 Å². The Kier molecular flexibility index (Phi) is 11.5. The van der Waals surface area contributed by atoms with Gasteiger partial charge in [-0.05, 0) is 25.1 Å². The summed E-state index contributed by atoms with van der Waals surface area (Å²) in [7, 11) is 0. The van der Waals surface area contributed by atoms with Crippen LogP contribution in [0.4, 0.5) is 0 Å². The summed E-state index contributed by atoms with van der Waals surface area (Å²) in [5.41, 5.74) is -1.57. The van der Waals surface area contributed by atoms with Crippen molar-refractivity contribution in [2.45, 2.75) is 99.0 Å². The Morgan fingerprint density at radius 1 is 0.630 bits per heavy atom. The Balaban J connectivity index is 1.32. The highest BCUT2D eigenvalue weighted by molar-refractivity contribution is 5.88. The molecule has 298 valence electrons. The SMILES string of the molecule is C[C@@H]1O[C@@H](Oc2c(-c3ccc(O)c(O)c3)oc3cc(O[C@@H]4O[C@H](CO)[C@@H](O)[C@H](O)[C@H]4O)cc(O)c3c2=O)[C@H](O)[C@H](O)[C@H]1O[C@@H]1O[C@H](CO)[C@@H](O)[C@H](O)[C@H]1O. The second kappa shape index (κ2) is 15.7. The summed E-state index contributed by atoms with van der Waals surface area (Å²) in [5.74, 6) is -3.49. The van der Waals surface area contributed by atoms with Gasteiger partial charge in [-0.15, -0.1) is 0 Å². The van der Waals surface area contributed by atoms with E-state index < -0.39 is 145 Å². The van der Waals surface area contributed by atoms with E-state index in [9.17, 15) is 71.2 Å². The van der Waals surface area contributed by atoms with Crippen molar-refractivity contribution in [3.05, 3.63) is 40.6 Å². The number of rotatable bonds is 9. The fourth-order valence-electron chi connectivity index (χ4n) is 6.33. The molecule has 0 saturated carbocycles. The van der Waals surface area contributed by atoms with Gasteiger partial charge in [0.2, 0.25) is 23.8 Å². The van der Waals surface area contributed by atoms with E-state index in [-0.39, 0.29) is 16.9 Å². The first-order valence-electron chi connectivity index (χ1n) is 16.5. The number of ether oxygens (including phenoxy) is 6. The van der Waals surface area contributed by atoms with Gasteiger partial charge in [-0.2, -0.15) is 0 Å². The minimum absolute atomic E-state index is 0.0956. The smallest absolute Gasteiger partial charge is 0.239 e. The van der Waals surface area contributed by atoms with Gasteiger partial charge in [0.05, 0.1) is 19.3 Å². The second-order valence-corrected chi connectivity index (χ2v) is 13.0. The molecule has 0 spiro atoms. The number of hydrogen-bond acceptors (Lipinski definition) is 21. The van der Waals surface area contributed by atoms with E-state index in [2.05, 4.69) is 0 Å². The average Bonchev–Trinajstić information content (AvgIpc) is 3.14. The minimum atomic E-state index is -2.02. The third-order valence-corrected chi connectivity index (χ3v) is 9.40. The van der Waals surface area contributed by atoms with Gasteiger partial charge < -0.3 is 99.2 Å². The van der Waals surface area contributed by atoms with Crippen LogP contribution in [0.5, 0.6) is 28.7 Å². The lowest BCUT2D eigenvalue weighted by Crippen LogP contribution is -2.64. The van der Waals surface area contributed by atoms with Crippen molar-refractivity contribution in [1.29, 1.82) is 0 Å². The largest absolute Gasteiger partial charge is 0.507 e. The maximum Gasteiger partial charge on any atom is 0.239 e. The highest BCUT2D eigenvalue weighted by Crippen LogP contribution is 2.40. The molecule has 2 aromatic carbocycles. The predicted octanol–water partition coefficient (Wildman–Crippen LogP) is -4.21. The Labute approximate surface area is 303 Å². The lowest BCUT2D eigenvalue weighted by atomic mass is 9.97. The van der Waals surface area contributed by atoms with Gasteiger partial charge >= 0.3 is 0 Å². The Morgan fingerprint density at radius 2 is 1.20 bits per heavy atom. The van der Waals surface area contributed by atoms with Crippen LogP contribution in [0.3, 0.4) is 0 Å². The first-order valence-corrected chi connectivity index (χ1v) is 16.5. The molecule has 0 amide bonds. The highest BCUT2D eigenvalue weighted by Gasteiger charge is 2.51. The van der Waals surface area contributed by atoms with Crippen LogP contribution in [-0.4, -0.2) is 172 Å². The standard InChI is InChI=1S/C33H40O21/c1-9-28(53-33-26(46)23(43)20(40)17(8-35)52-33)24(44)27(47)31(48-9)54-30-21(41)18-14(38)5-11(49-32-25(45)22(42)19(39)16(7-34)51-32)6-15(18)50-29(30)10-2-3-12(36)13(37)4-10/h2-6,9,16-17,19-20,22-28,31-40,42-47H,7-8H2,1H3/t9-,16+,17+,19+,20+,22-,23-,24-,25+,26+,27+,28-,31-,32+,33-/m0/s1. The summed E-state index contributed by atoms with van der Waals surface area (Å²) in [6.45, 7) is -0.166. The average molecular weight is 773 g/mol. The summed E-state index contributed by atoms with van der Waals surface area (Å²) in [4.78, 5) is 14.0. The molecule has 15 atom stereocenters. The maximum atomic E-state index is 14.0. The van der Waals surface area contributed by atoms with Gasteiger partial charge in [-0.1, -0.05) is 0 Å². The summed E-state index contributed by atoms with van der Waals surface area (Å²) in [6.07, 6.45) is -25.2. The molecular weight excluding hydrogens is 732 g/mol. The summed E-state index contributed by atoms with van der Waals surface area (Å²) in [6, 6.07) is 5.23. The van der Waals surface area contributed by atoms with Gasteiger partial charge in [-0.25, -0.2) is 0 Å². The number of aliphatic hydroxyl groups excluding tert-OH is 10. The molecule has 54 heavy (non-hydrogen) atoms. The molecule has 4 heterocycles. The molecule has 21 heteroatoms. The van der Waals surface area contributed by atoms with E-state index in [0.29, 0.717) is 0 Å². The number of aliphatic hydroxyl groups is 10. The lowest BCUT2D eigenvalue weighted by Gasteiger charge is -2.45. The number of benzene rings is 2. The van der Waals surface area contributed by atoms with Crippen molar-refractivity contribution in [1.82, 2.24) is 0 Å². The van der Waals surface area contributed by atoms with Crippen molar-refractivity contribution < 1.29 is 99.2 Å². The van der Waals surface area contributed by atoms with Crippen molar-refractivity contribution in [2.24, 2.45) is 0 Å². The Hall–Kier alpha value is -3.91. The second-order valence-electron chi connectivity index (χ2n) is 13.0. The van der Waals surface area contributed by atoms with Gasteiger partial charge in [-0.3, -0.25) is 4.79 Å². The summed E-state index contributed by atoms with van der Waals surface area (Å²) < 4.78 is 39.3. The molecule has 3 aliphatic heterocycles. The number of phenolic OH excluding ortho intramolecular Hbond substituents is 3. The molecule has 1 aromatic heterocycles. The summed E-state index contributed by atoms with van der Waals surface area (Å²) in [5, 5.41) is 133. The normalized spacial score (nSPS) is 37.3. The zero-order valence-electron chi connectivity index (χ0n) is 28.0. The Morgan fingerprint density at radius 3 is 1.81 bits per heavy atom. The number of aromatic hydroxyl groups is 3. The first kappa shape index (κ1) is 39.8. The molecule has 0 aliphatic carbocycles. The van der Waals surface area contributed by atoms with Crippen LogP contribution in [0, 0.1) is 0 Å². The van der Waals surface area contributed by atoms with Crippen LogP contribution < -0.4 is 14.9 Å². The van der Waals surface area contributed by atoms with Crippen LogP contribution in [0.2, 0.25) is 0 Å². The van der Waals surface area contributed by atoms with Crippen LogP contribution >= 0.6 is 0 Å². The van der Waals surface area contributed by atoms with E-state index in [1.165, 1.54) is 13.0 Å². The van der Waals surface area contributed by atoms with Crippen molar-refractivity contribution >= 4 is 11.0 Å². The third kappa shape index (κ3) is 7.27. The molecule has 0 radical (unpaired) electrons. The Bertz CT molecular complexity index is 1850. The fraction of sp³-hybridized carbons (Fsp3) is 0.545. The molecule has 0 bridgehead atoms. The van der Waals surface area contributed by atoms with E-state index in [0.717, 1.165) is 24.3 Å². The highest BCUT2D eigenvalue weighted by atomic mass is 16.7. The van der Waals surface area contributed by atoms with Crippen LogP contribution in [0.1, 0.15) is 6.92 Å². The van der Waals surface area contributed by atoms with E-state index in [1.54, 1.807) is 0 Å². The van der Waals surface area contributed by atoms with Gasteiger partial charge in [0.1, 0.15) is 89.6 Å². The van der Waals surface area contributed by atoms with E-state index >= 15 is 0 Å². The summed E-state index contributed by atoms with van der Waals surface area (Å²) >= 11 is 0. The first-order chi connectivity index (χ1) is 25.6. The monoisotopic (exact) mass is 772 g/mol. The molecular formula is C33H40O21. The van der Waals surface area contributed by atoms with Gasteiger partial charge in [0.25, 0.3) is 0 Å². The molecule has 6 rings (SSSR count).